The fourth-order valence-electron chi connectivity index (χ4n) is 1.26. The number of hydrogen-bond acceptors (Lipinski definition) is 2. The van der Waals surface area contributed by atoms with Gasteiger partial charge in [0.2, 0.25) is 0 Å². The zero-order valence-electron chi connectivity index (χ0n) is 7.51. The van der Waals surface area contributed by atoms with Crippen LogP contribution in [0.5, 0.6) is 5.75 Å². The normalized spacial score (nSPS) is 10.8. The third kappa shape index (κ3) is 2.01. The second kappa shape index (κ2) is 4.52. The minimum atomic E-state index is 0.726. The third-order valence-electron chi connectivity index (χ3n) is 1.88. The van der Waals surface area contributed by atoms with Gasteiger partial charge in [-0.2, -0.15) is 0 Å². The Bertz CT molecular complexity index is 464. The molecule has 0 fully saturated rings. The van der Waals surface area contributed by atoms with Gasteiger partial charge in [0.05, 0.1) is 10.2 Å². The lowest BCUT2D eigenvalue weighted by Crippen LogP contribution is -1.93. The van der Waals surface area contributed by atoms with E-state index in [1.54, 1.807) is 11.3 Å². The summed E-state index contributed by atoms with van der Waals surface area (Å²) in [4.78, 5) is 0. The number of halogens is 2. The van der Waals surface area contributed by atoms with Gasteiger partial charge in [0.15, 0.2) is 0 Å². The highest BCUT2D eigenvalue weighted by Crippen LogP contribution is 2.33. The maximum absolute atomic E-state index is 5.55. The molecule has 2 aromatic rings. The van der Waals surface area contributed by atoms with Gasteiger partial charge < -0.3 is 4.74 Å². The number of benzene rings is 1. The summed E-state index contributed by atoms with van der Waals surface area (Å²) in [6.07, 6.45) is 0. The highest BCUT2D eigenvalue weighted by atomic mass is 127. The van der Waals surface area contributed by atoms with E-state index in [1.165, 1.54) is 17.2 Å². The van der Waals surface area contributed by atoms with Crippen molar-refractivity contribution in [1.29, 1.82) is 0 Å². The fourth-order valence-corrected chi connectivity index (χ4v) is 3.73. The van der Waals surface area contributed by atoms with Crippen LogP contribution in [0.1, 0.15) is 6.92 Å². The zero-order valence-corrected chi connectivity index (χ0v) is 12.6. The molecule has 1 nitrogen and oxygen atoms in total. The Morgan fingerprint density at radius 3 is 2.79 bits per heavy atom. The van der Waals surface area contributed by atoms with E-state index < -0.39 is 0 Å². The van der Waals surface area contributed by atoms with Crippen molar-refractivity contribution in [2.45, 2.75) is 6.92 Å². The quantitative estimate of drug-likeness (QED) is 0.638. The Balaban J connectivity index is 2.60. The molecule has 0 saturated carbocycles. The number of hydrogen-bond donors (Lipinski definition) is 0. The highest BCUT2D eigenvalue weighted by molar-refractivity contribution is 14.1. The summed E-state index contributed by atoms with van der Waals surface area (Å²) < 4.78 is 9.37. The van der Waals surface area contributed by atoms with Crippen LogP contribution in [0.25, 0.3) is 10.1 Å². The second-order valence-corrected chi connectivity index (χ2v) is 6.03. The summed E-state index contributed by atoms with van der Waals surface area (Å²) in [5.41, 5.74) is 0. The first kappa shape index (κ1) is 10.9. The van der Waals surface area contributed by atoms with E-state index in [2.05, 4.69) is 62.7 Å². The minimum absolute atomic E-state index is 0.726. The molecule has 2 rings (SSSR count). The molecule has 0 spiro atoms. The molecule has 0 atom stereocenters. The Hall–Kier alpha value is 0.440. The Morgan fingerprint density at radius 2 is 2.07 bits per heavy atom. The Kier molecular flexibility index (Phi) is 3.54. The number of rotatable bonds is 2. The molecule has 4 heteroatoms. The molecule has 14 heavy (non-hydrogen) atoms. The van der Waals surface area contributed by atoms with Crippen molar-refractivity contribution in [3.05, 3.63) is 24.7 Å². The van der Waals surface area contributed by atoms with Crippen LogP contribution in [0, 0.1) is 7.14 Å². The van der Waals surface area contributed by atoms with E-state index in [0.717, 1.165) is 12.4 Å². The van der Waals surface area contributed by atoms with Gasteiger partial charge in [-0.1, -0.05) is 0 Å². The van der Waals surface area contributed by atoms with Crippen LogP contribution in [0.2, 0.25) is 0 Å². The van der Waals surface area contributed by atoms with Crippen LogP contribution in [-0.4, -0.2) is 6.61 Å². The van der Waals surface area contributed by atoms with Gasteiger partial charge in [0.25, 0.3) is 0 Å². The van der Waals surface area contributed by atoms with E-state index in [4.69, 9.17) is 4.74 Å². The SMILES string of the molecule is CCOc1cc2scc(I)c2cc1I. The molecule has 0 amide bonds. The molecule has 0 aliphatic carbocycles. The van der Waals surface area contributed by atoms with E-state index in [0.29, 0.717) is 0 Å². The first-order valence-corrected chi connectivity index (χ1v) is 7.25. The van der Waals surface area contributed by atoms with Crippen molar-refractivity contribution in [2.24, 2.45) is 0 Å². The first-order chi connectivity index (χ1) is 6.72. The molecule has 0 bridgehead atoms. The van der Waals surface area contributed by atoms with E-state index in [1.807, 2.05) is 6.92 Å². The Morgan fingerprint density at radius 1 is 1.29 bits per heavy atom. The first-order valence-electron chi connectivity index (χ1n) is 4.21. The Labute approximate surface area is 114 Å². The van der Waals surface area contributed by atoms with Crippen molar-refractivity contribution in [3.8, 4) is 5.75 Å². The number of fused-ring (bicyclic) bond motifs is 1. The molecule has 0 aliphatic rings. The molecule has 0 aliphatic heterocycles. The molecule has 1 aromatic heterocycles. The van der Waals surface area contributed by atoms with E-state index in [-0.39, 0.29) is 0 Å². The predicted molar refractivity (Wildman–Crippen MR) is 78.4 cm³/mol. The van der Waals surface area contributed by atoms with Crippen LogP contribution in [0.15, 0.2) is 17.5 Å². The van der Waals surface area contributed by atoms with Crippen LogP contribution in [0.4, 0.5) is 0 Å². The smallest absolute Gasteiger partial charge is 0.134 e. The summed E-state index contributed by atoms with van der Waals surface area (Å²) in [6, 6.07) is 4.33. The van der Waals surface area contributed by atoms with E-state index >= 15 is 0 Å². The molecule has 74 valence electrons. The van der Waals surface area contributed by atoms with Crippen LogP contribution in [-0.2, 0) is 0 Å². The average Bonchev–Trinajstić information content (AvgIpc) is 2.50. The summed E-state index contributed by atoms with van der Waals surface area (Å²) in [6.45, 7) is 2.74. The van der Waals surface area contributed by atoms with E-state index in [9.17, 15) is 0 Å². The number of thiophene rings is 1. The fraction of sp³-hybridized carbons (Fsp3) is 0.200. The molecule has 0 unspecified atom stereocenters. The number of ether oxygens (including phenoxy) is 1. The summed E-state index contributed by atoms with van der Waals surface area (Å²) >= 11 is 6.46. The van der Waals surface area contributed by atoms with Crippen molar-refractivity contribution in [1.82, 2.24) is 0 Å². The lowest BCUT2D eigenvalue weighted by Gasteiger charge is -2.05. The maximum atomic E-state index is 5.55. The third-order valence-corrected chi connectivity index (χ3v) is 4.98. The van der Waals surface area contributed by atoms with Gasteiger partial charge in [-0.3, -0.25) is 0 Å². The largest absolute Gasteiger partial charge is 0.493 e. The summed E-state index contributed by atoms with van der Waals surface area (Å²) in [7, 11) is 0. The monoisotopic (exact) mass is 430 g/mol. The van der Waals surface area contributed by atoms with Gasteiger partial charge >= 0.3 is 0 Å². The van der Waals surface area contributed by atoms with Crippen molar-refractivity contribution in [2.75, 3.05) is 6.61 Å². The van der Waals surface area contributed by atoms with Gasteiger partial charge in [-0.25, -0.2) is 0 Å². The molecule has 0 N–H and O–H groups in total. The van der Waals surface area contributed by atoms with Crippen LogP contribution in [0.3, 0.4) is 0 Å². The topological polar surface area (TPSA) is 9.23 Å². The predicted octanol–water partition coefficient (Wildman–Crippen LogP) is 4.51. The summed E-state index contributed by atoms with van der Waals surface area (Å²) in [5, 5.41) is 3.51. The maximum Gasteiger partial charge on any atom is 0.134 e. The minimum Gasteiger partial charge on any atom is -0.493 e. The summed E-state index contributed by atoms with van der Waals surface area (Å²) in [5.74, 6) is 0.999. The van der Waals surface area contributed by atoms with Crippen LogP contribution >= 0.6 is 56.5 Å². The van der Waals surface area contributed by atoms with Crippen molar-refractivity contribution >= 4 is 66.6 Å². The molecular weight excluding hydrogens is 422 g/mol. The molecule has 1 heterocycles. The van der Waals surface area contributed by atoms with Gasteiger partial charge in [-0.15, -0.1) is 11.3 Å². The lowest BCUT2D eigenvalue weighted by atomic mass is 10.2. The molecule has 0 saturated heterocycles. The molecule has 0 radical (unpaired) electrons. The van der Waals surface area contributed by atoms with Gasteiger partial charge in [0, 0.05) is 19.0 Å². The van der Waals surface area contributed by atoms with Crippen molar-refractivity contribution < 1.29 is 4.74 Å². The standard InChI is InChI=1S/C10H8I2OS/c1-2-13-9-4-10-6(3-7(9)11)8(12)5-14-10/h3-5H,2H2,1H3. The van der Waals surface area contributed by atoms with Gasteiger partial charge in [0.1, 0.15) is 5.75 Å². The lowest BCUT2D eigenvalue weighted by molar-refractivity contribution is 0.338. The highest BCUT2D eigenvalue weighted by Gasteiger charge is 2.07. The molecular formula is C10H8I2OS. The molecule has 1 aromatic carbocycles. The van der Waals surface area contributed by atoms with Gasteiger partial charge in [-0.05, 0) is 64.2 Å². The zero-order chi connectivity index (χ0) is 10.1. The second-order valence-electron chi connectivity index (χ2n) is 2.80. The average molecular weight is 430 g/mol. The van der Waals surface area contributed by atoms with Crippen molar-refractivity contribution in [3.63, 3.8) is 0 Å². The van der Waals surface area contributed by atoms with Crippen LogP contribution < -0.4 is 4.74 Å².